The lowest BCUT2D eigenvalue weighted by Crippen LogP contribution is -2.13. The van der Waals surface area contributed by atoms with Gasteiger partial charge >= 0.3 is 0 Å². The molecule has 0 aromatic heterocycles. The van der Waals surface area contributed by atoms with Gasteiger partial charge in [0.05, 0.1) is 0 Å². The van der Waals surface area contributed by atoms with Crippen molar-refractivity contribution >= 4 is 13.2 Å². The lowest BCUT2D eigenvalue weighted by molar-refractivity contribution is 1.39. The molecule has 0 aliphatic heterocycles. The maximum absolute atomic E-state index is 4.07. The third kappa shape index (κ3) is 1.84. The maximum atomic E-state index is 4.07. The highest BCUT2D eigenvalue weighted by Gasteiger charge is 1.98. The summed E-state index contributed by atoms with van der Waals surface area (Å²) in [6.07, 6.45) is 0. The molecule has 0 atom stereocenters. The van der Waals surface area contributed by atoms with Crippen LogP contribution in [0.15, 0.2) is 42.5 Å². The van der Waals surface area contributed by atoms with Gasteiger partial charge in [-0.1, -0.05) is 49.6 Å². The van der Waals surface area contributed by atoms with Gasteiger partial charge in [-0.15, -0.1) is 0 Å². The van der Waals surface area contributed by atoms with E-state index in [9.17, 15) is 0 Å². The number of rotatable bonds is 1. The number of hydrogen-bond acceptors (Lipinski definition) is 0. The van der Waals surface area contributed by atoms with E-state index in [4.69, 9.17) is 0 Å². The summed E-state index contributed by atoms with van der Waals surface area (Å²) in [5, 5.41) is 2.13. The van der Waals surface area contributed by atoms with Gasteiger partial charge in [0.25, 0.3) is 0 Å². The Morgan fingerprint density at radius 3 is 2.20 bits per heavy atom. The third-order valence-corrected chi connectivity index (χ3v) is 2.65. The Morgan fingerprint density at radius 2 is 1.53 bits per heavy atom. The second-order valence-corrected chi connectivity index (χ2v) is 3.80. The summed E-state index contributed by atoms with van der Waals surface area (Å²) in [6.45, 7) is 10.2. The SMILES string of the molecule is C=c1cc(-c2ccccc2)c(=C)cc1C. The molecule has 0 amide bonds. The zero-order valence-corrected chi connectivity index (χ0v) is 8.96. The number of aryl methyl sites for hydroxylation is 1. The van der Waals surface area contributed by atoms with Crippen LogP contribution in [0.5, 0.6) is 0 Å². The van der Waals surface area contributed by atoms with Crippen LogP contribution in [0.1, 0.15) is 5.56 Å². The summed E-state index contributed by atoms with van der Waals surface area (Å²) in [7, 11) is 0. The summed E-state index contributed by atoms with van der Waals surface area (Å²) in [5.41, 5.74) is 3.57. The van der Waals surface area contributed by atoms with Gasteiger partial charge in [0.2, 0.25) is 0 Å². The van der Waals surface area contributed by atoms with Crippen LogP contribution in [-0.2, 0) is 0 Å². The molecule has 0 N–H and O–H groups in total. The maximum Gasteiger partial charge on any atom is -0.0111 e. The Morgan fingerprint density at radius 1 is 0.867 bits per heavy atom. The molecule has 15 heavy (non-hydrogen) atoms. The Kier molecular flexibility index (Phi) is 2.42. The minimum absolute atomic E-state index is 1.06. The molecule has 0 heterocycles. The van der Waals surface area contributed by atoms with E-state index >= 15 is 0 Å². The van der Waals surface area contributed by atoms with E-state index in [2.05, 4.69) is 44.3 Å². The second kappa shape index (κ2) is 3.74. The molecule has 0 nitrogen and oxygen atoms in total. The smallest absolute Gasteiger partial charge is 0.0111 e. The van der Waals surface area contributed by atoms with Crippen LogP contribution in [0, 0.1) is 6.92 Å². The zero-order chi connectivity index (χ0) is 10.8. The van der Waals surface area contributed by atoms with Crippen molar-refractivity contribution in [2.75, 3.05) is 0 Å². The first-order chi connectivity index (χ1) is 7.18. The average Bonchev–Trinajstić information content (AvgIpc) is 2.25. The fourth-order valence-electron chi connectivity index (χ4n) is 1.70. The Balaban J connectivity index is 2.70. The van der Waals surface area contributed by atoms with Crippen LogP contribution in [0.3, 0.4) is 0 Å². The normalized spacial score (nSPS) is 10.2. The predicted molar refractivity (Wildman–Crippen MR) is 66.9 cm³/mol. The van der Waals surface area contributed by atoms with Crippen molar-refractivity contribution in [3.05, 3.63) is 58.5 Å². The Hall–Kier alpha value is -1.82. The van der Waals surface area contributed by atoms with Gasteiger partial charge in [-0.2, -0.15) is 0 Å². The van der Waals surface area contributed by atoms with Crippen molar-refractivity contribution in [2.45, 2.75) is 6.92 Å². The van der Waals surface area contributed by atoms with E-state index in [-0.39, 0.29) is 0 Å². The van der Waals surface area contributed by atoms with E-state index in [1.54, 1.807) is 0 Å². The molecule has 0 radical (unpaired) electrons. The molecular weight excluding hydrogens is 180 g/mol. The predicted octanol–water partition coefficient (Wildman–Crippen LogP) is 2.48. The van der Waals surface area contributed by atoms with Gasteiger partial charge in [0.15, 0.2) is 0 Å². The van der Waals surface area contributed by atoms with E-state index in [0.717, 1.165) is 10.4 Å². The molecule has 2 aromatic carbocycles. The van der Waals surface area contributed by atoms with Gasteiger partial charge in [-0.25, -0.2) is 0 Å². The average molecular weight is 194 g/mol. The topological polar surface area (TPSA) is 0 Å². The molecule has 2 rings (SSSR count). The lowest BCUT2D eigenvalue weighted by atomic mass is 10.0. The van der Waals surface area contributed by atoms with Gasteiger partial charge in [-0.05, 0) is 40.1 Å². The van der Waals surface area contributed by atoms with E-state index < -0.39 is 0 Å². The molecule has 2 aromatic rings. The summed E-state index contributed by atoms with van der Waals surface area (Å²) in [5.74, 6) is 0. The molecule has 0 heteroatoms. The van der Waals surface area contributed by atoms with Crippen molar-refractivity contribution in [3.63, 3.8) is 0 Å². The molecule has 0 bridgehead atoms. The molecule has 0 unspecified atom stereocenters. The van der Waals surface area contributed by atoms with Crippen LogP contribution >= 0.6 is 0 Å². The third-order valence-electron chi connectivity index (χ3n) is 2.65. The largest absolute Gasteiger partial charge is 0.0915 e. The first-order valence-corrected chi connectivity index (χ1v) is 5.02. The van der Waals surface area contributed by atoms with Crippen LogP contribution in [0.4, 0.5) is 0 Å². The van der Waals surface area contributed by atoms with Crippen LogP contribution < -0.4 is 10.4 Å². The Labute approximate surface area is 90.2 Å². The summed E-state index contributed by atoms with van der Waals surface area (Å²) >= 11 is 0. The first kappa shape index (κ1) is 9.72. The van der Waals surface area contributed by atoms with Crippen LogP contribution in [0.2, 0.25) is 0 Å². The minimum Gasteiger partial charge on any atom is -0.0915 e. The molecule has 0 fully saturated rings. The number of hydrogen-bond donors (Lipinski definition) is 0. The van der Waals surface area contributed by atoms with Crippen molar-refractivity contribution in [1.82, 2.24) is 0 Å². The van der Waals surface area contributed by atoms with Gasteiger partial charge < -0.3 is 0 Å². The van der Waals surface area contributed by atoms with Gasteiger partial charge in [0.1, 0.15) is 0 Å². The highest BCUT2D eigenvalue weighted by molar-refractivity contribution is 5.64. The fraction of sp³-hybridized carbons (Fsp3) is 0.0667. The standard InChI is InChI=1S/C15H14/c1-11-9-13(3)15(10-12(11)2)14-7-5-4-6-8-14/h4-10H,2-3H2,1H3. The number of benzene rings is 2. The summed E-state index contributed by atoms with van der Waals surface area (Å²) < 4.78 is 0. The lowest BCUT2D eigenvalue weighted by Gasteiger charge is -2.04. The molecule has 0 saturated heterocycles. The second-order valence-electron chi connectivity index (χ2n) is 3.80. The van der Waals surface area contributed by atoms with Crippen LogP contribution in [0.25, 0.3) is 24.3 Å². The molecule has 0 saturated carbocycles. The fourth-order valence-corrected chi connectivity index (χ4v) is 1.70. The molecule has 0 aliphatic carbocycles. The molecule has 0 aliphatic rings. The van der Waals surface area contributed by atoms with Crippen molar-refractivity contribution < 1.29 is 0 Å². The highest BCUT2D eigenvalue weighted by Crippen LogP contribution is 2.12. The minimum atomic E-state index is 1.06. The zero-order valence-electron chi connectivity index (χ0n) is 8.96. The van der Waals surface area contributed by atoms with E-state index in [1.165, 1.54) is 16.7 Å². The van der Waals surface area contributed by atoms with Gasteiger partial charge in [-0.3, -0.25) is 0 Å². The molecule has 74 valence electrons. The monoisotopic (exact) mass is 194 g/mol. The van der Waals surface area contributed by atoms with E-state index in [1.807, 2.05) is 18.2 Å². The first-order valence-electron chi connectivity index (χ1n) is 5.02. The Bertz CT molecular complexity index is 565. The van der Waals surface area contributed by atoms with Gasteiger partial charge in [0, 0.05) is 0 Å². The van der Waals surface area contributed by atoms with Crippen molar-refractivity contribution in [1.29, 1.82) is 0 Å². The molecule has 0 spiro atoms. The summed E-state index contributed by atoms with van der Waals surface area (Å²) in [6, 6.07) is 14.5. The summed E-state index contributed by atoms with van der Waals surface area (Å²) in [4.78, 5) is 0. The highest BCUT2D eigenvalue weighted by atomic mass is 14.0. The van der Waals surface area contributed by atoms with E-state index in [0.29, 0.717) is 0 Å². The van der Waals surface area contributed by atoms with Crippen LogP contribution in [-0.4, -0.2) is 0 Å². The molecular formula is C15H14. The van der Waals surface area contributed by atoms with Crippen molar-refractivity contribution in [3.8, 4) is 11.1 Å². The quantitative estimate of drug-likeness (QED) is 0.654. The van der Waals surface area contributed by atoms with Crippen molar-refractivity contribution in [2.24, 2.45) is 0 Å².